The zero-order valence-electron chi connectivity index (χ0n) is 16.2. The summed E-state index contributed by atoms with van der Waals surface area (Å²) < 4.78 is 12.8. The molecule has 0 saturated carbocycles. The number of benzene rings is 2. The molecule has 0 amide bonds. The van der Waals surface area contributed by atoms with Crippen LogP contribution in [0.5, 0.6) is 11.5 Å². The highest BCUT2D eigenvalue weighted by atomic mass is 79.9. The van der Waals surface area contributed by atoms with Gasteiger partial charge in [-0.25, -0.2) is 4.98 Å². The number of thiophene rings is 1. The van der Waals surface area contributed by atoms with E-state index in [0.29, 0.717) is 27.3 Å². The van der Waals surface area contributed by atoms with E-state index in [-0.39, 0.29) is 17.9 Å². The van der Waals surface area contributed by atoms with Crippen molar-refractivity contribution in [3.05, 3.63) is 74.6 Å². The number of halogens is 1. The van der Waals surface area contributed by atoms with Gasteiger partial charge in [-0.05, 0) is 35.9 Å². The van der Waals surface area contributed by atoms with Crippen LogP contribution < -0.4 is 15.0 Å². The Morgan fingerprint density at radius 1 is 1.10 bits per heavy atom. The average molecular weight is 485 g/mol. The van der Waals surface area contributed by atoms with Crippen LogP contribution in [0.4, 0.5) is 0 Å². The maximum Gasteiger partial charge on any atom is 0.263 e. The summed E-state index contributed by atoms with van der Waals surface area (Å²) >= 11 is 4.83. The summed E-state index contributed by atoms with van der Waals surface area (Å²) in [6, 6.07) is 12.7. The number of hydrogen-bond donors (Lipinski definition) is 0. The molecule has 0 fully saturated rings. The largest absolute Gasteiger partial charge is 0.493 e. The second kappa shape index (κ2) is 8.41. The summed E-state index contributed by atoms with van der Waals surface area (Å²) in [5, 5.41) is 2.44. The van der Waals surface area contributed by atoms with E-state index in [2.05, 4.69) is 20.9 Å². The molecular weight excluding hydrogens is 468 g/mol. The predicted molar refractivity (Wildman–Crippen MR) is 121 cm³/mol. The van der Waals surface area contributed by atoms with Crippen LogP contribution in [0.15, 0.2) is 63.4 Å². The fourth-order valence-corrected chi connectivity index (χ4v) is 4.35. The summed E-state index contributed by atoms with van der Waals surface area (Å²) in [6.07, 6.45) is 1.42. The van der Waals surface area contributed by atoms with Gasteiger partial charge >= 0.3 is 0 Å². The van der Waals surface area contributed by atoms with Crippen LogP contribution in [0, 0.1) is 0 Å². The molecule has 2 heterocycles. The minimum Gasteiger partial charge on any atom is -0.493 e. The van der Waals surface area contributed by atoms with Crippen LogP contribution in [-0.2, 0) is 6.54 Å². The van der Waals surface area contributed by atoms with Crippen molar-refractivity contribution in [2.75, 3.05) is 14.2 Å². The molecule has 0 aliphatic carbocycles. The first-order chi connectivity index (χ1) is 14.5. The first-order valence-electron chi connectivity index (χ1n) is 8.99. The molecule has 4 aromatic rings. The van der Waals surface area contributed by atoms with Crippen LogP contribution in [0.25, 0.3) is 21.3 Å². The minimum atomic E-state index is -0.243. The van der Waals surface area contributed by atoms with Crippen molar-refractivity contribution in [2.45, 2.75) is 6.54 Å². The zero-order valence-corrected chi connectivity index (χ0v) is 18.6. The Morgan fingerprint density at radius 3 is 2.53 bits per heavy atom. The van der Waals surface area contributed by atoms with E-state index >= 15 is 0 Å². The van der Waals surface area contributed by atoms with Gasteiger partial charge in [-0.2, -0.15) is 0 Å². The highest BCUT2D eigenvalue weighted by molar-refractivity contribution is 9.10. The number of ketones is 1. The number of Topliss-reactive ketones (excluding diaryl/α,β-unsaturated/α-hetero) is 1. The highest BCUT2D eigenvalue weighted by Crippen LogP contribution is 2.31. The summed E-state index contributed by atoms with van der Waals surface area (Å²) in [5.74, 6) is 0.769. The van der Waals surface area contributed by atoms with E-state index < -0.39 is 0 Å². The Morgan fingerprint density at radius 2 is 1.83 bits per heavy atom. The molecule has 0 N–H and O–H groups in total. The molecule has 0 unspecified atom stereocenters. The van der Waals surface area contributed by atoms with Crippen LogP contribution in [0.2, 0.25) is 0 Å². The quantitative estimate of drug-likeness (QED) is 0.368. The van der Waals surface area contributed by atoms with Crippen LogP contribution in [0.1, 0.15) is 10.4 Å². The standard InChI is InChI=1S/C22H17BrN2O4S/c1-28-18-8-5-14(9-19(18)29-2)17(26)10-25-12-24-21-20(22(25)27)16(11-30-21)13-3-6-15(23)7-4-13/h3-9,11-12H,10H2,1-2H3. The van der Waals surface area contributed by atoms with Crippen molar-refractivity contribution in [1.29, 1.82) is 0 Å². The van der Waals surface area contributed by atoms with Gasteiger partial charge in [0.2, 0.25) is 0 Å². The molecule has 0 bridgehead atoms. The number of carbonyl (C=O) groups is 1. The zero-order chi connectivity index (χ0) is 21.3. The normalized spacial score (nSPS) is 10.9. The third-order valence-electron chi connectivity index (χ3n) is 4.74. The molecule has 0 aliphatic heterocycles. The molecule has 6 nitrogen and oxygen atoms in total. The SMILES string of the molecule is COc1ccc(C(=O)Cn2cnc3scc(-c4ccc(Br)cc4)c3c2=O)cc1OC. The van der Waals surface area contributed by atoms with Gasteiger partial charge in [0, 0.05) is 21.0 Å². The van der Waals surface area contributed by atoms with E-state index in [1.54, 1.807) is 18.2 Å². The number of fused-ring (bicyclic) bond motifs is 1. The molecule has 8 heteroatoms. The van der Waals surface area contributed by atoms with Crippen molar-refractivity contribution in [3.63, 3.8) is 0 Å². The molecule has 4 rings (SSSR count). The Bertz CT molecular complexity index is 1290. The van der Waals surface area contributed by atoms with Gasteiger partial charge in [-0.3, -0.25) is 14.2 Å². The number of carbonyl (C=O) groups excluding carboxylic acids is 1. The Labute approximate surface area is 184 Å². The second-order valence-electron chi connectivity index (χ2n) is 6.51. The number of methoxy groups -OCH3 is 2. The molecular formula is C22H17BrN2O4S. The van der Waals surface area contributed by atoms with E-state index in [9.17, 15) is 9.59 Å². The highest BCUT2D eigenvalue weighted by Gasteiger charge is 2.16. The van der Waals surface area contributed by atoms with Gasteiger partial charge in [0.05, 0.1) is 32.5 Å². The Balaban J connectivity index is 1.71. The van der Waals surface area contributed by atoms with Crippen LogP contribution in [0.3, 0.4) is 0 Å². The average Bonchev–Trinajstić information content (AvgIpc) is 3.20. The predicted octanol–water partition coefficient (Wildman–Crippen LogP) is 4.79. The van der Waals surface area contributed by atoms with E-state index in [1.807, 2.05) is 29.6 Å². The van der Waals surface area contributed by atoms with Gasteiger partial charge in [-0.15, -0.1) is 11.3 Å². The van der Waals surface area contributed by atoms with Gasteiger partial charge in [0.25, 0.3) is 5.56 Å². The monoisotopic (exact) mass is 484 g/mol. The van der Waals surface area contributed by atoms with Crippen molar-refractivity contribution >= 4 is 43.3 Å². The van der Waals surface area contributed by atoms with Gasteiger partial charge in [-0.1, -0.05) is 28.1 Å². The van der Waals surface area contributed by atoms with Crippen molar-refractivity contribution in [3.8, 4) is 22.6 Å². The number of nitrogens with zero attached hydrogens (tertiary/aromatic N) is 2. The Hall–Kier alpha value is -2.97. The number of hydrogen-bond acceptors (Lipinski definition) is 6. The second-order valence-corrected chi connectivity index (χ2v) is 8.28. The molecule has 0 aliphatic rings. The lowest BCUT2D eigenvalue weighted by atomic mass is 10.1. The molecule has 30 heavy (non-hydrogen) atoms. The first-order valence-corrected chi connectivity index (χ1v) is 10.7. The number of ether oxygens (including phenoxy) is 2. The van der Waals surface area contributed by atoms with Gasteiger partial charge < -0.3 is 9.47 Å². The molecule has 0 spiro atoms. The van der Waals surface area contributed by atoms with E-state index in [4.69, 9.17) is 9.47 Å². The fraction of sp³-hybridized carbons (Fsp3) is 0.136. The fourth-order valence-electron chi connectivity index (χ4n) is 3.18. The van der Waals surface area contributed by atoms with Crippen LogP contribution in [-0.4, -0.2) is 29.6 Å². The van der Waals surface area contributed by atoms with E-state index in [0.717, 1.165) is 15.6 Å². The van der Waals surface area contributed by atoms with Crippen molar-refractivity contribution in [2.24, 2.45) is 0 Å². The summed E-state index contributed by atoms with van der Waals surface area (Å²) in [5.41, 5.74) is 1.92. The first kappa shape index (κ1) is 20.3. The molecule has 2 aromatic carbocycles. The lowest BCUT2D eigenvalue weighted by Gasteiger charge is -2.10. The molecule has 0 atom stereocenters. The van der Waals surface area contributed by atoms with Crippen LogP contribution >= 0.6 is 27.3 Å². The summed E-state index contributed by atoms with van der Waals surface area (Å²) in [4.78, 5) is 31.0. The molecule has 0 radical (unpaired) electrons. The number of rotatable bonds is 6. The van der Waals surface area contributed by atoms with Gasteiger partial charge in [0.15, 0.2) is 17.3 Å². The third-order valence-corrected chi connectivity index (χ3v) is 6.15. The molecule has 152 valence electrons. The van der Waals surface area contributed by atoms with Gasteiger partial charge in [0.1, 0.15) is 4.83 Å². The van der Waals surface area contributed by atoms with E-state index in [1.165, 1.54) is 36.5 Å². The molecule has 0 saturated heterocycles. The lowest BCUT2D eigenvalue weighted by Crippen LogP contribution is -2.24. The smallest absolute Gasteiger partial charge is 0.263 e. The maximum atomic E-state index is 13.2. The Kier molecular flexibility index (Phi) is 5.69. The minimum absolute atomic E-state index is 0.118. The number of aromatic nitrogens is 2. The molecule has 2 aromatic heterocycles. The lowest BCUT2D eigenvalue weighted by molar-refractivity contribution is 0.0970. The van der Waals surface area contributed by atoms with Crippen molar-refractivity contribution in [1.82, 2.24) is 9.55 Å². The summed E-state index contributed by atoms with van der Waals surface area (Å²) in [6.45, 7) is -0.118. The maximum absolute atomic E-state index is 13.2. The van der Waals surface area contributed by atoms with Crippen molar-refractivity contribution < 1.29 is 14.3 Å². The third kappa shape index (κ3) is 3.76. The topological polar surface area (TPSA) is 70.4 Å². The summed E-state index contributed by atoms with van der Waals surface area (Å²) in [7, 11) is 3.04.